The Balaban J connectivity index is 1.15. The molecule has 0 atom stereocenters. The lowest BCUT2D eigenvalue weighted by molar-refractivity contribution is 1.29. The van der Waals surface area contributed by atoms with Crippen molar-refractivity contribution >= 4 is 59.3 Å². The SMILES string of the molecule is c1ccc(-c2ccccc2N(c2ccc(-c3cccc(-c4ccc5ccccc5c4)c3)cc2)c2ccc3sc4ccccc4c3c2)cc1. The molecule has 0 aliphatic carbocycles. The molecular formula is C46H31NS. The number of rotatable bonds is 6. The zero-order chi connectivity index (χ0) is 31.9. The van der Waals surface area contributed by atoms with Gasteiger partial charge in [0.2, 0.25) is 0 Å². The van der Waals surface area contributed by atoms with Crippen molar-refractivity contribution in [2.45, 2.75) is 0 Å². The number of para-hydroxylation sites is 1. The number of fused-ring (bicyclic) bond motifs is 4. The summed E-state index contributed by atoms with van der Waals surface area (Å²) in [6.45, 7) is 0. The molecular weight excluding hydrogens is 599 g/mol. The number of hydrogen-bond acceptors (Lipinski definition) is 2. The van der Waals surface area contributed by atoms with E-state index in [1.807, 2.05) is 11.3 Å². The minimum Gasteiger partial charge on any atom is -0.310 e. The van der Waals surface area contributed by atoms with E-state index < -0.39 is 0 Å². The molecule has 0 radical (unpaired) electrons. The lowest BCUT2D eigenvalue weighted by atomic mass is 9.97. The molecule has 8 aromatic carbocycles. The van der Waals surface area contributed by atoms with Gasteiger partial charge in [0, 0.05) is 37.1 Å². The van der Waals surface area contributed by atoms with Gasteiger partial charge in [0.05, 0.1) is 5.69 Å². The zero-order valence-corrected chi connectivity index (χ0v) is 27.1. The molecule has 2 heteroatoms. The van der Waals surface area contributed by atoms with E-state index in [0.29, 0.717) is 0 Å². The van der Waals surface area contributed by atoms with Crippen LogP contribution < -0.4 is 4.90 Å². The molecule has 0 amide bonds. The van der Waals surface area contributed by atoms with Crippen LogP contribution in [-0.4, -0.2) is 0 Å². The third-order valence-electron chi connectivity index (χ3n) is 9.25. The highest BCUT2D eigenvalue weighted by Gasteiger charge is 2.18. The van der Waals surface area contributed by atoms with Gasteiger partial charge in [-0.1, -0.05) is 133 Å². The number of hydrogen-bond donors (Lipinski definition) is 0. The summed E-state index contributed by atoms with van der Waals surface area (Å²) in [5, 5.41) is 5.11. The van der Waals surface area contributed by atoms with Gasteiger partial charge in [0.1, 0.15) is 0 Å². The fourth-order valence-corrected chi connectivity index (χ4v) is 7.95. The monoisotopic (exact) mass is 629 g/mol. The smallest absolute Gasteiger partial charge is 0.0540 e. The molecule has 9 aromatic rings. The van der Waals surface area contributed by atoms with Gasteiger partial charge in [0.15, 0.2) is 0 Å². The van der Waals surface area contributed by atoms with Crippen molar-refractivity contribution in [3.8, 4) is 33.4 Å². The van der Waals surface area contributed by atoms with Crippen LogP contribution in [0.4, 0.5) is 17.1 Å². The molecule has 0 aliphatic rings. The summed E-state index contributed by atoms with van der Waals surface area (Å²) >= 11 is 1.85. The summed E-state index contributed by atoms with van der Waals surface area (Å²) in [6.07, 6.45) is 0. The second kappa shape index (κ2) is 12.0. The highest BCUT2D eigenvalue weighted by Crippen LogP contribution is 2.44. The molecule has 9 rings (SSSR count). The summed E-state index contributed by atoms with van der Waals surface area (Å²) < 4.78 is 2.62. The minimum absolute atomic E-state index is 1.12. The van der Waals surface area contributed by atoms with Crippen molar-refractivity contribution in [3.05, 3.63) is 188 Å². The van der Waals surface area contributed by atoms with Gasteiger partial charge in [-0.25, -0.2) is 0 Å². The van der Waals surface area contributed by atoms with Crippen molar-refractivity contribution in [1.82, 2.24) is 0 Å². The van der Waals surface area contributed by atoms with Crippen molar-refractivity contribution < 1.29 is 0 Å². The van der Waals surface area contributed by atoms with Gasteiger partial charge in [-0.05, 0) is 93.2 Å². The highest BCUT2D eigenvalue weighted by molar-refractivity contribution is 7.25. The quantitative estimate of drug-likeness (QED) is 0.177. The Morgan fingerprint density at radius 1 is 0.333 bits per heavy atom. The number of nitrogens with zero attached hydrogens (tertiary/aromatic N) is 1. The van der Waals surface area contributed by atoms with E-state index in [1.54, 1.807) is 0 Å². The van der Waals surface area contributed by atoms with Gasteiger partial charge in [0.25, 0.3) is 0 Å². The summed E-state index contributed by atoms with van der Waals surface area (Å²) in [7, 11) is 0. The van der Waals surface area contributed by atoms with E-state index in [-0.39, 0.29) is 0 Å². The molecule has 226 valence electrons. The van der Waals surface area contributed by atoms with Crippen LogP contribution in [0.15, 0.2) is 188 Å². The van der Waals surface area contributed by atoms with Gasteiger partial charge in [-0.2, -0.15) is 0 Å². The third-order valence-corrected chi connectivity index (χ3v) is 10.4. The highest BCUT2D eigenvalue weighted by atomic mass is 32.1. The zero-order valence-electron chi connectivity index (χ0n) is 26.3. The Kier molecular flexibility index (Phi) is 7.07. The van der Waals surface area contributed by atoms with Crippen molar-refractivity contribution in [3.63, 3.8) is 0 Å². The molecule has 1 nitrogen and oxygen atoms in total. The van der Waals surface area contributed by atoms with Crippen LogP contribution in [0.3, 0.4) is 0 Å². The van der Waals surface area contributed by atoms with Crippen molar-refractivity contribution in [1.29, 1.82) is 0 Å². The summed E-state index contributed by atoms with van der Waals surface area (Å²) in [5.41, 5.74) is 10.6. The first-order chi connectivity index (χ1) is 23.8. The standard InChI is InChI=1S/C46H31NS/c1-2-12-34(13-3-1)41-17-6-8-19-44(41)47(40-27-28-46-43(31-40)42-18-7-9-20-45(42)48-46)39-25-23-33(24-26-39)36-15-10-16-37(29-36)38-22-21-32-11-4-5-14-35(32)30-38/h1-31H. The Hall–Kier alpha value is -5.96. The van der Waals surface area contributed by atoms with Gasteiger partial charge < -0.3 is 4.90 Å². The number of benzene rings is 8. The minimum atomic E-state index is 1.12. The Labute approximate surface area is 284 Å². The number of anilines is 3. The van der Waals surface area contributed by atoms with E-state index in [1.165, 1.54) is 64.3 Å². The maximum Gasteiger partial charge on any atom is 0.0540 e. The van der Waals surface area contributed by atoms with Crippen molar-refractivity contribution in [2.75, 3.05) is 4.90 Å². The van der Waals surface area contributed by atoms with Gasteiger partial charge >= 0.3 is 0 Å². The van der Waals surface area contributed by atoms with Gasteiger partial charge in [-0.3, -0.25) is 0 Å². The molecule has 0 N–H and O–H groups in total. The van der Waals surface area contributed by atoms with E-state index in [4.69, 9.17) is 0 Å². The predicted octanol–water partition coefficient (Wildman–Crippen LogP) is 13.7. The molecule has 0 aliphatic heterocycles. The molecule has 48 heavy (non-hydrogen) atoms. The fourth-order valence-electron chi connectivity index (χ4n) is 6.86. The average molecular weight is 630 g/mol. The lowest BCUT2D eigenvalue weighted by Gasteiger charge is -2.28. The molecule has 0 bridgehead atoms. The van der Waals surface area contributed by atoms with Crippen LogP contribution in [0.5, 0.6) is 0 Å². The normalized spacial score (nSPS) is 11.3. The lowest BCUT2D eigenvalue weighted by Crippen LogP contribution is -2.11. The second-order valence-corrected chi connectivity index (χ2v) is 13.3. The van der Waals surface area contributed by atoms with Crippen LogP contribution in [-0.2, 0) is 0 Å². The Morgan fingerprint density at radius 2 is 0.958 bits per heavy atom. The summed E-state index contributed by atoms with van der Waals surface area (Å²) in [4.78, 5) is 2.41. The van der Waals surface area contributed by atoms with E-state index >= 15 is 0 Å². The molecule has 0 saturated carbocycles. The summed E-state index contributed by atoms with van der Waals surface area (Å²) in [5.74, 6) is 0. The molecule has 0 fully saturated rings. The van der Waals surface area contributed by atoms with Crippen LogP contribution >= 0.6 is 11.3 Å². The summed E-state index contributed by atoms with van der Waals surface area (Å²) in [6, 6.07) is 68.2. The first-order valence-corrected chi connectivity index (χ1v) is 17.2. The Morgan fingerprint density at radius 3 is 1.83 bits per heavy atom. The molecule has 1 aromatic heterocycles. The fraction of sp³-hybridized carbons (Fsp3) is 0. The molecule has 0 saturated heterocycles. The molecule has 0 spiro atoms. The van der Waals surface area contributed by atoms with Crippen LogP contribution in [0.1, 0.15) is 0 Å². The van der Waals surface area contributed by atoms with Crippen LogP contribution in [0.2, 0.25) is 0 Å². The van der Waals surface area contributed by atoms with Gasteiger partial charge in [-0.15, -0.1) is 11.3 Å². The maximum atomic E-state index is 2.41. The second-order valence-electron chi connectivity index (χ2n) is 12.2. The Bertz CT molecular complexity index is 2560. The van der Waals surface area contributed by atoms with E-state index in [9.17, 15) is 0 Å². The predicted molar refractivity (Wildman–Crippen MR) is 208 cm³/mol. The largest absolute Gasteiger partial charge is 0.310 e. The first-order valence-electron chi connectivity index (χ1n) is 16.3. The topological polar surface area (TPSA) is 3.24 Å². The molecule has 0 unspecified atom stereocenters. The van der Waals surface area contributed by atoms with E-state index in [0.717, 1.165) is 17.1 Å². The average Bonchev–Trinajstić information content (AvgIpc) is 3.54. The third kappa shape index (κ3) is 5.13. The number of thiophene rings is 1. The van der Waals surface area contributed by atoms with Crippen LogP contribution in [0, 0.1) is 0 Å². The van der Waals surface area contributed by atoms with Crippen molar-refractivity contribution in [2.24, 2.45) is 0 Å². The molecule has 1 heterocycles. The first kappa shape index (κ1) is 28.3. The maximum absolute atomic E-state index is 2.41. The van der Waals surface area contributed by atoms with Crippen LogP contribution in [0.25, 0.3) is 64.3 Å². The van der Waals surface area contributed by atoms with E-state index in [2.05, 4.69) is 193 Å².